The Kier molecular flexibility index (Phi) is 4.60. The Hall–Kier alpha value is -0.940. The number of hydrogen-bond donors (Lipinski definition) is 0. The van der Waals surface area contributed by atoms with Crippen LogP contribution < -0.4 is 4.90 Å². The first kappa shape index (κ1) is 15.0. The molecule has 1 aromatic rings. The molecule has 0 bridgehead atoms. The van der Waals surface area contributed by atoms with E-state index in [-0.39, 0.29) is 5.91 Å². The van der Waals surface area contributed by atoms with Crippen LogP contribution in [0.4, 0.5) is 5.13 Å². The largest absolute Gasteiger partial charge is 0.300 e. The molecule has 0 spiro atoms. The number of anilines is 1. The van der Waals surface area contributed by atoms with Gasteiger partial charge in [0.05, 0.1) is 5.69 Å². The summed E-state index contributed by atoms with van der Waals surface area (Å²) in [6.45, 7) is 3.71. The molecule has 0 saturated heterocycles. The molecule has 2 aliphatic carbocycles. The second-order valence-corrected chi connectivity index (χ2v) is 7.43. The third kappa shape index (κ3) is 3.83. The summed E-state index contributed by atoms with van der Waals surface area (Å²) >= 11 is 1.61. The summed E-state index contributed by atoms with van der Waals surface area (Å²) in [7, 11) is 2.18. The zero-order chi connectivity index (χ0) is 14.8. The van der Waals surface area contributed by atoms with E-state index in [1.807, 2.05) is 4.90 Å². The maximum Gasteiger partial charge on any atom is 0.225 e. The average molecular weight is 307 g/mol. The zero-order valence-electron chi connectivity index (χ0n) is 13.0. The fourth-order valence-electron chi connectivity index (χ4n) is 3.34. The third-order valence-corrected chi connectivity index (χ3v) is 5.36. The highest BCUT2D eigenvalue weighted by atomic mass is 32.1. The Morgan fingerprint density at radius 3 is 2.67 bits per heavy atom. The normalized spacial score (nSPS) is 19.4. The molecule has 0 aromatic carbocycles. The van der Waals surface area contributed by atoms with E-state index in [9.17, 15) is 4.79 Å². The van der Waals surface area contributed by atoms with E-state index >= 15 is 0 Å². The number of hydrogen-bond acceptors (Lipinski definition) is 4. The summed E-state index contributed by atoms with van der Waals surface area (Å²) in [5, 5.41) is 2.99. The average Bonchev–Trinajstić information content (AvgIpc) is 2.92. The molecular formula is C16H25N3OS. The topological polar surface area (TPSA) is 36.4 Å². The molecule has 0 N–H and O–H groups in total. The summed E-state index contributed by atoms with van der Waals surface area (Å²) in [6.07, 6.45) is 7.80. The van der Waals surface area contributed by atoms with Gasteiger partial charge < -0.3 is 4.90 Å². The fraction of sp³-hybridized carbons (Fsp3) is 0.750. The molecule has 4 nitrogen and oxygen atoms in total. The van der Waals surface area contributed by atoms with Crippen molar-refractivity contribution in [1.82, 2.24) is 9.88 Å². The van der Waals surface area contributed by atoms with Crippen LogP contribution in [0.15, 0.2) is 5.38 Å². The smallest absolute Gasteiger partial charge is 0.225 e. The molecule has 2 saturated carbocycles. The van der Waals surface area contributed by atoms with Crippen LogP contribution in [0.25, 0.3) is 0 Å². The fourth-order valence-corrected chi connectivity index (χ4v) is 4.26. The summed E-state index contributed by atoms with van der Waals surface area (Å²) in [5.41, 5.74) is 1.10. The Balaban J connectivity index is 1.57. The van der Waals surface area contributed by atoms with Gasteiger partial charge >= 0.3 is 0 Å². The van der Waals surface area contributed by atoms with Gasteiger partial charge in [-0.3, -0.25) is 9.69 Å². The molecule has 0 radical (unpaired) electrons. The highest BCUT2D eigenvalue weighted by Crippen LogP contribution is 2.34. The Morgan fingerprint density at radius 1 is 1.33 bits per heavy atom. The SMILES string of the molecule is CC(=O)N(c1nc(CN(C)CC2CCCC2)cs1)C1CC1. The van der Waals surface area contributed by atoms with Crippen molar-refractivity contribution in [3.63, 3.8) is 0 Å². The molecule has 21 heavy (non-hydrogen) atoms. The minimum Gasteiger partial charge on any atom is -0.300 e. The second kappa shape index (κ2) is 6.44. The minimum atomic E-state index is 0.123. The quantitative estimate of drug-likeness (QED) is 0.809. The lowest BCUT2D eigenvalue weighted by Crippen LogP contribution is -2.30. The van der Waals surface area contributed by atoms with Crippen molar-refractivity contribution in [1.29, 1.82) is 0 Å². The molecule has 1 aromatic heterocycles. The lowest BCUT2D eigenvalue weighted by Gasteiger charge is -2.20. The van der Waals surface area contributed by atoms with Crippen LogP contribution >= 0.6 is 11.3 Å². The van der Waals surface area contributed by atoms with Crippen LogP contribution in [0.3, 0.4) is 0 Å². The second-order valence-electron chi connectivity index (χ2n) is 6.59. The molecule has 0 atom stereocenters. The van der Waals surface area contributed by atoms with Crippen LogP contribution in [0.1, 0.15) is 51.1 Å². The molecular weight excluding hydrogens is 282 g/mol. The van der Waals surface area contributed by atoms with Gasteiger partial charge in [-0.05, 0) is 38.6 Å². The number of carbonyl (C=O) groups excluding carboxylic acids is 1. The lowest BCUT2D eigenvalue weighted by molar-refractivity contribution is -0.116. The summed E-state index contributed by atoms with van der Waals surface area (Å²) in [5.74, 6) is 0.992. The van der Waals surface area contributed by atoms with Gasteiger partial charge in [0.2, 0.25) is 5.91 Å². The first-order valence-electron chi connectivity index (χ1n) is 8.06. The summed E-state index contributed by atoms with van der Waals surface area (Å²) in [6, 6.07) is 0.401. The molecule has 2 fully saturated rings. The van der Waals surface area contributed by atoms with Crippen molar-refractivity contribution < 1.29 is 4.79 Å². The van der Waals surface area contributed by atoms with Gasteiger partial charge in [-0.25, -0.2) is 4.98 Å². The standard InChI is InChI=1S/C16H25N3OS/c1-12(20)19(15-7-8-15)16-17-14(11-21-16)10-18(2)9-13-5-3-4-6-13/h11,13,15H,3-10H2,1-2H3. The van der Waals surface area contributed by atoms with Crippen molar-refractivity contribution in [2.24, 2.45) is 5.92 Å². The molecule has 2 aliphatic rings. The van der Waals surface area contributed by atoms with E-state index in [0.717, 1.165) is 36.1 Å². The van der Waals surface area contributed by atoms with Gasteiger partial charge in [-0.1, -0.05) is 12.8 Å². The van der Waals surface area contributed by atoms with Crippen molar-refractivity contribution in [2.45, 2.75) is 58.0 Å². The third-order valence-electron chi connectivity index (χ3n) is 4.47. The van der Waals surface area contributed by atoms with Gasteiger partial charge in [0, 0.05) is 31.4 Å². The Bertz CT molecular complexity index is 491. The lowest BCUT2D eigenvalue weighted by atomic mass is 10.1. The van der Waals surface area contributed by atoms with Crippen molar-refractivity contribution >= 4 is 22.4 Å². The van der Waals surface area contributed by atoms with Crippen LogP contribution in [0.2, 0.25) is 0 Å². The molecule has 1 amide bonds. The van der Waals surface area contributed by atoms with E-state index in [0.29, 0.717) is 6.04 Å². The molecule has 0 unspecified atom stereocenters. The maximum atomic E-state index is 11.8. The van der Waals surface area contributed by atoms with Crippen molar-refractivity contribution in [2.75, 3.05) is 18.5 Å². The van der Waals surface area contributed by atoms with Gasteiger partial charge in [0.25, 0.3) is 0 Å². The maximum absolute atomic E-state index is 11.8. The van der Waals surface area contributed by atoms with Gasteiger partial charge in [0.15, 0.2) is 5.13 Å². The Morgan fingerprint density at radius 2 is 2.05 bits per heavy atom. The highest BCUT2D eigenvalue weighted by molar-refractivity contribution is 7.14. The highest BCUT2D eigenvalue weighted by Gasteiger charge is 2.33. The van der Waals surface area contributed by atoms with E-state index in [2.05, 4.69) is 22.3 Å². The number of thiazole rings is 1. The van der Waals surface area contributed by atoms with Crippen LogP contribution in [-0.2, 0) is 11.3 Å². The first-order chi connectivity index (χ1) is 10.1. The van der Waals surface area contributed by atoms with E-state index in [4.69, 9.17) is 0 Å². The molecule has 3 rings (SSSR count). The summed E-state index contributed by atoms with van der Waals surface area (Å²) < 4.78 is 0. The molecule has 1 heterocycles. The predicted molar refractivity (Wildman–Crippen MR) is 86.6 cm³/mol. The van der Waals surface area contributed by atoms with Crippen molar-refractivity contribution in [3.8, 4) is 0 Å². The van der Waals surface area contributed by atoms with Crippen molar-refractivity contribution in [3.05, 3.63) is 11.1 Å². The number of rotatable bonds is 6. The van der Waals surface area contributed by atoms with E-state index in [1.165, 1.54) is 32.2 Å². The van der Waals surface area contributed by atoms with Gasteiger partial charge in [-0.15, -0.1) is 11.3 Å². The van der Waals surface area contributed by atoms with Crippen LogP contribution in [-0.4, -0.2) is 35.4 Å². The predicted octanol–water partition coefficient (Wildman–Crippen LogP) is 3.28. The number of carbonyl (C=O) groups is 1. The Labute approximate surface area is 131 Å². The monoisotopic (exact) mass is 307 g/mol. The summed E-state index contributed by atoms with van der Waals surface area (Å²) in [4.78, 5) is 20.7. The zero-order valence-corrected chi connectivity index (χ0v) is 13.9. The molecule has 5 heteroatoms. The molecule has 0 aliphatic heterocycles. The van der Waals surface area contributed by atoms with E-state index in [1.54, 1.807) is 18.3 Å². The van der Waals surface area contributed by atoms with Crippen LogP contribution in [0.5, 0.6) is 0 Å². The number of aromatic nitrogens is 1. The molecule has 116 valence electrons. The minimum absolute atomic E-state index is 0.123. The first-order valence-corrected chi connectivity index (χ1v) is 8.94. The number of amides is 1. The van der Waals surface area contributed by atoms with Gasteiger partial charge in [0.1, 0.15) is 0 Å². The van der Waals surface area contributed by atoms with Crippen LogP contribution in [0, 0.1) is 5.92 Å². The van der Waals surface area contributed by atoms with Gasteiger partial charge in [-0.2, -0.15) is 0 Å². The van der Waals surface area contributed by atoms with E-state index < -0.39 is 0 Å². The number of nitrogens with zero attached hydrogens (tertiary/aromatic N) is 3.